The van der Waals surface area contributed by atoms with Gasteiger partial charge in [0.1, 0.15) is 0 Å². The third-order valence-corrected chi connectivity index (χ3v) is 3.40. The summed E-state index contributed by atoms with van der Waals surface area (Å²) in [5, 5.41) is 6.62. The van der Waals surface area contributed by atoms with Gasteiger partial charge in [-0.1, -0.05) is 20.8 Å². The maximum atomic E-state index is 5.70. The molecule has 0 fully saturated rings. The van der Waals surface area contributed by atoms with Crippen LogP contribution in [0.4, 0.5) is 5.69 Å². The molecule has 0 unspecified atom stereocenters. The SMILES string of the molecule is CN=C(NCCC(C)(C)C)Nc1ccc2c(c1)OCCCO2. The van der Waals surface area contributed by atoms with E-state index in [1.54, 1.807) is 7.05 Å². The minimum absolute atomic E-state index is 0.307. The summed E-state index contributed by atoms with van der Waals surface area (Å²) >= 11 is 0. The maximum Gasteiger partial charge on any atom is 0.195 e. The lowest BCUT2D eigenvalue weighted by molar-refractivity contribution is 0.297. The molecule has 0 amide bonds. The highest BCUT2D eigenvalue weighted by molar-refractivity contribution is 5.93. The first-order valence-electron chi connectivity index (χ1n) is 7.85. The van der Waals surface area contributed by atoms with E-state index in [0.717, 1.165) is 42.5 Å². The van der Waals surface area contributed by atoms with Crippen LogP contribution in [0, 0.1) is 5.41 Å². The second kappa shape index (κ2) is 7.38. The van der Waals surface area contributed by atoms with Crippen molar-refractivity contribution >= 4 is 11.6 Å². The summed E-state index contributed by atoms with van der Waals surface area (Å²) in [5.41, 5.74) is 1.24. The average Bonchev–Trinajstić information content (AvgIpc) is 2.69. The molecule has 0 aliphatic carbocycles. The van der Waals surface area contributed by atoms with Gasteiger partial charge in [0.15, 0.2) is 17.5 Å². The second-order valence-corrected chi connectivity index (χ2v) is 6.65. The number of fused-ring (bicyclic) bond motifs is 1. The minimum Gasteiger partial charge on any atom is -0.490 e. The minimum atomic E-state index is 0.307. The van der Waals surface area contributed by atoms with Crippen molar-refractivity contribution in [3.8, 4) is 11.5 Å². The van der Waals surface area contributed by atoms with Crippen molar-refractivity contribution in [3.05, 3.63) is 18.2 Å². The molecular formula is C17H27N3O2. The van der Waals surface area contributed by atoms with Gasteiger partial charge in [-0.05, 0) is 24.0 Å². The number of rotatable bonds is 3. The van der Waals surface area contributed by atoms with Crippen molar-refractivity contribution in [1.29, 1.82) is 0 Å². The lowest BCUT2D eigenvalue weighted by Crippen LogP contribution is -2.33. The molecule has 1 aliphatic heterocycles. The van der Waals surface area contributed by atoms with Crippen molar-refractivity contribution < 1.29 is 9.47 Å². The van der Waals surface area contributed by atoms with Crippen molar-refractivity contribution in [2.45, 2.75) is 33.6 Å². The Kier molecular flexibility index (Phi) is 5.52. The molecule has 0 bridgehead atoms. The molecule has 2 N–H and O–H groups in total. The standard InChI is InChI=1S/C17H27N3O2/c1-17(2,3)8-9-19-16(18-4)20-13-6-7-14-15(12-13)22-11-5-10-21-14/h6-7,12H,5,8-11H2,1-4H3,(H2,18,19,20). The van der Waals surface area contributed by atoms with Gasteiger partial charge in [0.2, 0.25) is 0 Å². The van der Waals surface area contributed by atoms with Crippen LogP contribution in [0.1, 0.15) is 33.6 Å². The number of nitrogens with zero attached hydrogens (tertiary/aromatic N) is 1. The summed E-state index contributed by atoms with van der Waals surface area (Å²) < 4.78 is 11.3. The Labute approximate surface area is 133 Å². The molecule has 1 aromatic rings. The second-order valence-electron chi connectivity index (χ2n) is 6.65. The van der Waals surface area contributed by atoms with Crippen molar-refractivity contribution in [1.82, 2.24) is 5.32 Å². The van der Waals surface area contributed by atoms with Crippen LogP contribution in [0.3, 0.4) is 0 Å². The fourth-order valence-corrected chi connectivity index (χ4v) is 2.11. The smallest absolute Gasteiger partial charge is 0.195 e. The Morgan fingerprint density at radius 1 is 1.18 bits per heavy atom. The highest BCUT2D eigenvalue weighted by Crippen LogP contribution is 2.32. The Balaban J connectivity index is 1.95. The molecule has 1 aromatic carbocycles. The molecule has 0 spiro atoms. The summed E-state index contributed by atoms with van der Waals surface area (Å²) in [6, 6.07) is 5.87. The summed E-state index contributed by atoms with van der Waals surface area (Å²) in [7, 11) is 1.77. The Morgan fingerprint density at radius 2 is 1.91 bits per heavy atom. The van der Waals surface area contributed by atoms with Gasteiger partial charge in [-0.25, -0.2) is 0 Å². The summed E-state index contributed by atoms with van der Waals surface area (Å²) in [4.78, 5) is 4.26. The fraction of sp³-hybridized carbons (Fsp3) is 0.588. The Bertz CT molecular complexity index is 521. The van der Waals surface area contributed by atoms with Crippen LogP contribution in [0.5, 0.6) is 11.5 Å². The first kappa shape index (κ1) is 16.5. The highest BCUT2D eigenvalue weighted by Gasteiger charge is 2.12. The van der Waals surface area contributed by atoms with Crippen molar-refractivity contribution in [2.75, 3.05) is 32.1 Å². The van der Waals surface area contributed by atoms with Crippen LogP contribution in [-0.2, 0) is 0 Å². The number of hydrogen-bond donors (Lipinski definition) is 2. The van der Waals surface area contributed by atoms with Crippen LogP contribution in [0.25, 0.3) is 0 Å². The Morgan fingerprint density at radius 3 is 2.59 bits per heavy atom. The van der Waals surface area contributed by atoms with Crippen molar-refractivity contribution in [2.24, 2.45) is 10.4 Å². The lowest BCUT2D eigenvalue weighted by Gasteiger charge is -2.19. The molecule has 5 nitrogen and oxygen atoms in total. The van der Waals surface area contributed by atoms with Gasteiger partial charge in [0, 0.05) is 31.8 Å². The van der Waals surface area contributed by atoms with Crippen LogP contribution < -0.4 is 20.1 Å². The average molecular weight is 305 g/mol. The number of nitrogens with one attached hydrogen (secondary N) is 2. The van der Waals surface area contributed by atoms with Crippen LogP contribution in [0.15, 0.2) is 23.2 Å². The van der Waals surface area contributed by atoms with Crippen LogP contribution in [0.2, 0.25) is 0 Å². The van der Waals surface area contributed by atoms with E-state index in [-0.39, 0.29) is 0 Å². The zero-order valence-corrected chi connectivity index (χ0v) is 14.0. The summed E-state index contributed by atoms with van der Waals surface area (Å²) in [6.45, 7) is 8.97. The first-order chi connectivity index (χ1) is 10.5. The van der Waals surface area contributed by atoms with E-state index in [0.29, 0.717) is 18.6 Å². The van der Waals surface area contributed by atoms with E-state index < -0.39 is 0 Å². The topological polar surface area (TPSA) is 54.9 Å². The van der Waals surface area contributed by atoms with Crippen molar-refractivity contribution in [3.63, 3.8) is 0 Å². The molecule has 22 heavy (non-hydrogen) atoms. The number of benzene rings is 1. The Hall–Kier alpha value is -1.91. The molecule has 0 aromatic heterocycles. The maximum absolute atomic E-state index is 5.70. The molecular weight excluding hydrogens is 278 g/mol. The molecule has 1 aliphatic rings. The van der Waals surface area contributed by atoms with Gasteiger partial charge in [0.25, 0.3) is 0 Å². The van der Waals surface area contributed by atoms with E-state index >= 15 is 0 Å². The molecule has 2 rings (SSSR count). The molecule has 0 saturated heterocycles. The van der Waals surface area contributed by atoms with Gasteiger partial charge in [-0.2, -0.15) is 0 Å². The van der Waals surface area contributed by atoms with Gasteiger partial charge < -0.3 is 20.1 Å². The number of hydrogen-bond acceptors (Lipinski definition) is 3. The first-order valence-corrected chi connectivity index (χ1v) is 7.85. The molecule has 0 atom stereocenters. The predicted molar refractivity (Wildman–Crippen MR) is 91.1 cm³/mol. The summed E-state index contributed by atoms with van der Waals surface area (Å²) in [5.74, 6) is 2.35. The molecule has 0 radical (unpaired) electrons. The number of anilines is 1. The summed E-state index contributed by atoms with van der Waals surface area (Å²) in [6.07, 6.45) is 1.99. The fourth-order valence-electron chi connectivity index (χ4n) is 2.11. The van der Waals surface area contributed by atoms with Gasteiger partial charge in [0.05, 0.1) is 13.2 Å². The largest absolute Gasteiger partial charge is 0.490 e. The zero-order valence-electron chi connectivity index (χ0n) is 14.0. The van der Waals surface area contributed by atoms with Gasteiger partial charge >= 0.3 is 0 Å². The molecule has 122 valence electrons. The van der Waals surface area contributed by atoms with E-state index in [1.165, 1.54) is 0 Å². The molecule has 5 heteroatoms. The van der Waals surface area contributed by atoms with E-state index in [4.69, 9.17) is 9.47 Å². The normalized spacial score (nSPS) is 15.2. The van der Waals surface area contributed by atoms with Gasteiger partial charge in [-0.3, -0.25) is 4.99 Å². The van der Waals surface area contributed by atoms with E-state index in [9.17, 15) is 0 Å². The number of guanidine groups is 1. The number of aliphatic imine (C=N–C) groups is 1. The highest BCUT2D eigenvalue weighted by atomic mass is 16.5. The monoisotopic (exact) mass is 305 g/mol. The predicted octanol–water partition coefficient (Wildman–Crippen LogP) is 3.27. The quantitative estimate of drug-likeness (QED) is 0.665. The molecule has 0 saturated carbocycles. The van der Waals surface area contributed by atoms with E-state index in [1.807, 2.05) is 18.2 Å². The van der Waals surface area contributed by atoms with Crippen LogP contribution >= 0.6 is 0 Å². The van der Waals surface area contributed by atoms with Gasteiger partial charge in [-0.15, -0.1) is 0 Å². The van der Waals surface area contributed by atoms with Crippen LogP contribution in [-0.4, -0.2) is 32.8 Å². The van der Waals surface area contributed by atoms with E-state index in [2.05, 4.69) is 36.4 Å². The zero-order chi connectivity index (χ0) is 16.0. The third-order valence-electron chi connectivity index (χ3n) is 3.40. The lowest BCUT2D eigenvalue weighted by atomic mass is 9.92. The third kappa shape index (κ3) is 5.13. The number of ether oxygens (including phenoxy) is 2. The molecule has 1 heterocycles.